The quantitative estimate of drug-likeness (QED) is 0.673. The Morgan fingerprint density at radius 2 is 1.95 bits per heavy atom. The van der Waals surface area contributed by atoms with Crippen molar-refractivity contribution in [3.05, 3.63) is 38.0 Å². The molecular formula is C13H18N4S2. The summed E-state index contributed by atoms with van der Waals surface area (Å²) >= 11 is 3.43. The summed E-state index contributed by atoms with van der Waals surface area (Å²) < 4.78 is 0. The van der Waals surface area contributed by atoms with Crippen molar-refractivity contribution in [2.24, 2.45) is 4.99 Å². The molecule has 4 nitrogen and oxygen atoms in total. The van der Waals surface area contributed by atoms with E-state index in [2.05, 4.69) is 39.0 Å². The van der Waals surface area contributed by atoms with Crippen molar-refractivity contribution < 1.29 is 0 Å². The Kier molecular flexibility index (Phi) is 4.93. The number of guanidine groups is 1. The highest BCUT2D eigenvalue weighted by atomic mass is 32.1. The molecule has 2 aromatic rings. The fourth-order valence-electron chi connectivity index (χ4n) is 1.63. The van der Waals surface area contributed by atoms with E-state index in [1.54, 1.807) is 29.7 Å². The molecule has 2 rings (SSSR count). The second-order valence-corrected chi connectivity index (χ2v) is 6.11. The molecule has 0 radical (unpaired) electrons. The molecular weight excluding hydrogens is 276 g/mol. The maximum Gasteiger partial charge on any atom is 0.191 e. The zero-order chi connectivity index (χ0) is 13.7. The molecule has 0 saturated heterocycles. The SMILES string of the molecule is CN=C(NCc1sccc1C)NCc1scnc1C. The lowest BCUT2D eigenvalue weighted by atomic mass is 10.3. The van der Waals surface area contributed by atoms with Gasteiger partial charge in [0.2, 0.25) is 0 Å². The first-order valence-corrected chi connectivity index (χ1v) is 7.83. The number of aliphatic imine (C=N–C) groups is 1. The molecule has 0 unspecified atom stereocenters. The largest absolute Gasteiger partial charge is 0.352 e. The van der Waals surface area contributed by atoms with Crippen molar-refractivity contribution in [3.8, 4) is 0 Å². The first-order valence-electron chi connectivity index (χ1n) is 6.07. The van der Waals surface area contributed by atoms with Gasteiger partial charge in [-0.3, -0.25) is 4.99 Å². The smallest absolute Gasteiger partial charge is 0.191 e. The van der Waals surface area contributed by atoms with E-state index in [0.29, 0.717) is 0 Å². The topological polar surface area (TPSA) is 49.3 Å². The molecule has 0 spiro atoms. The molecule has 0 atom stereocenters. The van der Waals surface area contributed by atoms with Gasteiger partial charge in [-0.1, -0.05) is 0 Å². The van der Waals surface area contributed by atoms with E-state index in [0.717, 1.165) is 24.7 Å². The van der Waals surface area contributed by atoms with Crippen molar-refractivity contribution in [2.75, 3.05) is 7.05 Å². The minimum Gasteiger partial charge on any atom is -0.352 e. The third-order valence-electron chi connectivity index (χ3n) is 2.87. The number of thiophene rings is 1. The highest BCUT2D eigenvalue weighted by molar-refractivity contribution is 7.10. The fraction of sp³-hybridized carbons (Fsp3) is 0.385. The molecule has 0 bridgehead atoms. The predicted molar refractivity (Wildman–Crippen MR) is 82.9 cm³/mol. The molecule has 6 heteroatoms. The van der Waals surface area contributed by atoms with Gasteiger partial charge in [-0.05, 0) is 30.9 Å². The van der Waals surface area contributed by atoms with E-state index in [1.165, 1.54) is 15.3 Å². The Hall–Kier alpha value is -1.40. The zero-order valence-electron chi connectivity index (χ0n) is 11.4. The van der Waals surface area contributed by atoms with Crippen LogP contribution in [0.2, 0.25) is 0 Å². The summed E-state index contributed by atoms with van der Waals surface area (Å²) in [6, 6.07) is 2.14. The van der Waals surface area contributed by atoms with E-state index in [4.69, 9.17) is 0 Å². The Morgan fingerprint density at radius 1 is 1.21 bits per heavy atom. The maximum absolute atomic E-state index is 4.24. The molecule has 102 valence electrons. The predicted octanol–water partition coefficient (Wildman–Crippen LogP) is 2.69. The molecule has 0 fully saturated rings. The molecule has 2 aromatic heterocycles. The number of rotatable bonds is 4. The van der Waals surface area contributed by atoms with Crippen molar-refractivity contribution in [3.63, 3.8) is 0 Å². The summed E-state index contributed by atoms with van der Waals surface area (Å²) in [6.07, 6.45) is 0. The van der Waals surface area contributed by atoms with Crippen LogP contribution in [0.5, 0.6) is 0 Å². The van der Waals surface area contributed by atoms with Gasteiger partial charge in [0.1, 0.15) is 0 Å². The van der Waals surface area contributed by atoms with Crippen LogP contribution in [0.4, 0.5) is 0 Å². The molecule has 2 heterocycles. The summed E-state index contributed by atoms with van der Waals surface area (Å²) in [6.45, 7) is 5.73. The van der Waals surface area contributed by atoms with Crippen LogP contribution in [-0.2, 0) is 13.1 Å². The standard InChI is InChI=1S/C13H18N4S2/c1-9-4-5-18-11(9)6-15-13(14-3)16-7-12-10(2)17-8-19-12/h4-5,8H,6-7H2,1-3H3,(H2,14,15,16). The van der Waals surface area contributed by atoms with Crippen LogP contribution in [0.25, 0.3) is 0 Å². The van der Waals surface area contributed by atoms with Crippen LogP contribution in [0.3, 0.4) is 0 Å². The van der Waals surface area contributed by atoms with Crippen molar-refractivity contribution in [1.29, 1.82) is 0 Å². The summed E-state index contributed by atoms with van der Waals surface area (Å²) in [5.74, 6) is 0.820. The molecule has 0 saturated carbocycles. The molecule has 2 N–H and O–H groups in total. The van der Waals surface area contributed by atoms with Gasteiger partial charge in [0, 0.05) is 16.8 Å². The molecule has 0 amide bonds. The number of hydrogen-bond donors (Lipinski definition) is 2. The number of nitrogens with one attached hydrogen (secondary N) is 2. The van der Waals surface area contributed by atoms with Crippen molar-refractivity contribution >= 4 is 28.6 Å². The number of thiazole rings is 1. The minimum absolute atomic E-state index is 0.763. The van der Waals surface area contributed by atoms with E-state index in [1.807, 2.05) is 12.4 Å². The number of aryl methyl sites for hydroxylation is 2. The van der Waals surface area contributed by atoms with Crippen LogP contribution in [0, 0.1) is 13.8 Å². The summed E-state index contributed by atoms with van der Waals surface area (Å²) in [5, 5.41) is 8.75. The van der Waals surface area contributed by atoms with Crippen LogP contribution >= 0.6 is 22.7 Å². The van der Waals surface area contributed by atoms with Crippen LogP contribution in [-0.4, -0.2) is 18.0 Å². The molecule has 0 aliphatic heterocycles. The molecule has 0 aliphatic rings. The highest BCUT2D eigenvalue weighted by Gasteiger charge is 2.04. The summed E-state index contributed by atoms with van der Waals surface area (Å²) in [5.41, 5.74) is 4.28. The van der Waals surface area contributed by atoms with Gasteiger partial charge < -0.3 is 10.6 Å². The molecule has 0 aromatic carbocycles. The van der Waals surface area contributed by atoms with Crippen LogP contribution in [0.15, 0.2) is 21.9 Å². The Balaban J connectivity index is 1.84. The first kappa shape index (κ1) is 14.0. The van der Waals surface area contributed by atoms with E-state index >= 15 is 0 Å². The maximum atomic E-state index is 4.24. The van der Waals surface area contributed by atoms with E-state index in [-0.39, 0.29) is 0 Å². The lowest BCUT2D eigenvalue weighted by Crippen LogP contribution is -2.36. The normalized spacial score (nSPS) is 11.6. The van der Waals surface area contributed by atoms with Crippen molar-refractivity contribution in [1.82, 2.24) is 15.6 Å². The Morgan fingerprint density at radius 3 is 2.47 bits per heavy atom. The third-order valence-corrected chi connectivity index (χ3v) is 4.83. The lowest BCUT2D eigenvalue weighted by molar-refractivity contribution is 0.816. The highest BCUT2D eigenvalue weighted by Crippen LogP contribution is 2.15. The van der Waals surface area contributed by atoms with Gasteiger partial charge in [-0.25, -0.2) is 4.98 Å². The average molecular weight is 294 g/mol. The van der Waals surface area contributed by atoms with Crippen LogP contribution < -0.4 is 10.6 Å². The van der Waals surface area contributed by atoms with E-state index in [9.17, 15) is 0 Å². The minimum atomic E-state index is 0.763. The molecule has 0 aliphatic carbocycles. The van der Waals surface area contributed by atoms with Gasteiger partial charge >= 0.3 is 0 Å². The first-order chi connectivity index (χ1) is 9.20. The van der Waals surface area contributed by atoms with Gasteiger partial charge in [0.15, 0.2) is 5.96 Å². The number of hydrogen-bond acceptors (Lipinski definition) is 4. The fourth-order valence-corrected chi connectivity index (χ4v) is 3.19. The summed E-state index contributed by atoms with van der Waals surface area (Å²) in [7, 11) is 1.79. The monoisotopic (exact) mass is 294 g/mol. The van der Waals surface area contributed by atoms with Gasteiger partial charge in [0.05, 0.1) is 24.3 Å². The zero-order valence-corrected chi connectivity index (χ0v) is 13.0. The number of aromatic nitrogens is 1. The Labute approximate surface area is 121 Å². The van der Waals surface area contributed by atoms with E-state index < -0.39 is 0 Å². The number of nitrogens with zero attached hydrogens (tertiary/aromatic N) is 2. The second kappa shape index (κ2) is 6.68. The molecule has 19 heavy (non-hydrogen) atoms. The van der Waals surface area contributed by atoms with Gasteiger partial charge in [-0.15, -0.1) is 22.7 Å². The van der Waals surface area contributed by atoms with Gasteiger partial charge in [-0.2, -0.15) is 0 Å². The van der Waals surface area contributed by atoms with Crippen LogP contribution in [0.1, 0.15) is 21.0 Å². The summed E-state index contributed by atoms with van der Waals surface area (Å²) in [4.78, 5) is 11.1. The average Bonchev–Trinajstić information content (AvgIpc) is 2.99. The van der Waals surface area contributed by atoms with Gasteiger partial charge in [0.25, 0.3) is 0 Å². The van der Waals surface area contributed by atoms with Crippen molar-refractivity contribution in [2.45, 2.75) is 26.9 Å². The Bertz CT molecular complexity index is 510. The lowest BCUT2D eigenvalue weighted by Gasteiger charge is -2.11. The third kappa shape index (κ3) is 3.78. The second-order valence-electron chi connectivity index (χ2n) is 4.17.